The van der Waals surface area contributed by atoms with Gasteiger partial charge in [-0.2, -0.15) is 0 Å². The molecule has 0 spiro atoms. The number of rotatable bonds is 8. The summed E-state index contributed by atoms with van der Waals surface area (Å²) in [6.45, 7) is 2.20. The Hall–Kier alpha value is -0.440. The van der Waals surface area contributed by atoms with Crippen molar-refractivity contribution < 1.29 is 55.1 Å². The first kappa shape index (κ1) is 24.8. The largest absolute Gasteiger partial charge is 0.394 e. The second kappa shape index (κ2) is 8.60. The first-order chi connectivity index (χ1) is 13.5. The molecule has 11 heteroatoms. The Balaban J connectivity index is 2.61. The average Bonchev–Trinajstić information content (AvgIpc) is 2.98. The van der Waals surface area contributed by atoms with Crippen molar-refractivity contribution in [2.75, 3.05) is 19.8 Å². The molecule has 1 unspecified atom stereocenters. The molecule has 0 radical (unpaired) electrons. The van der Waals surface area contributed by atoms with Crippen molar-refractivity contribution in [3.8, 4) is 0 Å². The molecule has 2 rings (SSSR count). The summed E-state index contributed by atoms with van der Waals surface area (Å²) in [4.78, 5) is 0. The Morgan fingerprint density at radius 1 is 0.793 bits per heavy atom. The lowest BCUT2D eigenvalue weighted by molar-refractivity contribution is -0.475. The highest BCUT2D eigenvalue weighted by atomic mass is 16.8. The van der Waals surface area contributed by atoms with E-state index in [1.54, 1.807) is 0 Å². The summed E-state index contributed by atoms with van der Waals surface area (Å²) >= 11 is 0. The average molecular weight is 426 g/mol. The lowest BCUT2D eigenvalue weighted by Gasteiger charge is -2.61. The molecule has 11 nitrogen and oxygen atoms in total. The van der Waals surface area contributed by atoms with Crippen LogP contribution < -0.4 is 0 Å². The summed E-state index contributed by atoms with van der Waals surface area (Å²) in [6.07, 6.45) is -8.21. The Labute approximate surface area is 169 Å². The molecular weight excluding hydrogens is 392 g/mol. The third-order valence-corrected chi connectivity index (χ3v) is 6.47. The van der Waals surface area contributed by atoms with Crippen molar-refractivity contribution in [2.24, 2.45) is 0 Å². The lowest BCUT2D eigenvalue weighted by Crippen LogP contribution is -2.81. The summed E-state index contributed by atoms with van der Waals surface area (Å²) < 4.78 is 17.0. The van der Waals surface area contributed by atoms with E-state index in [9.17, 15) is 40.9 Å². The fourth-order valence-corrected chi connectivity index (χ4v) is 4.59. The van der Waals surface area contributed by atoms with E-state index in [0.29, 0.717) is 0 Å². The minimum absolute atomic E-state index is 0.138. The van der Waals surface area contributed by atoms with Gasteiger partial charge in [-0.25, -0.2) is 0 Å². The monoisotopic (exact) mass is 426 g/mol. The van der Waals surface area contributed by atoms with Gasteiger partial charge in [0.05, 0.1) is 13.2 Å². The van der Waals surface area contributed by atoms with E-state index in [0.717, 1.165) is 0 Å². The number of aliphatic hydroxyl groups excluding tert-OH is 6. The predicted octanol–water partition coefficient (Wildman–Crippen LogP) is -3.05. The molecule has 8 N–H and O–H groups in total. The normalized spacial score (nSPS) is 50.8. The molecule has 2 saturated heterocycles. The highest BCUT2D eigenvalue weighted by molar-refractivity contribution is 5.17. The minimum Gasteiger partial charge on any atom is -0.394 e. The van der Waals surface area contributed by atoms with E-state index in [1.165, 1.54) is 20.8 Å². The standard InChI is InChI=1S/C18H34O11/c1-4-15(25)13(23)11(8-20)28-18(6-3,17(15,26)5-2)29-16(9-21)14(24)12(22)10(7-19)27-16/h10-14,19-26H,4-9H2,1-3H3/t10-,11-,12-,13-,14+,15+,16?,17-,18+/m1/s1. The van der Waals surface area contributed by atoms with Crippen LogP contribution in [0, 0.1) is 0 Å². The lowest BCUT2D eigenvalue weighted by atomic mass is 9.65. The van der Waals surface area contributed by atoms with Crippen LogP contribution in [0.3, 0.4) is 0 Å². The molecule has 2 heterocycles. The van der Waals surface area contributed by atoms with E-state index >= 15 is 0 Å². The van der Waals surface area contributed by atoms with Crippen molar-refractivity contribution in [3.05, 3.63) is 0 Å². The molecule has 0 aromatic carbocycles. The van der Waals surface area contributed by atoms with Gasteiger partial charge in [0.15, 0.2) is 0 Å². The van der Waals surface area contributed by atoms with Crippen LogP contribution in [0.1, 0.15) is 40.0 Å². The molecule has 0 aliphatic carbocycles. The maximum absolute atomic E-state index is 11.6. The highest BCUT2D eigenvalue weighted by Crippen LogP contribution is 2.52. The SMILES string of the molecule is CC[C@@]1(OC2(CO)O[C@H](CO)[C@@H](O)[C@@H]2O)O[C@H](CO)[C@@H](O)[C@@](O)(CC)[C@]1(O)CC. The van der Waals surface area contributed by atoms with Crippen LogP contribution in [0.15, 0.2) is 0 Å². The fraction of sp³-hybridized carbons (Fsp3) is 1.00. The van der Waals surface area contributed by atoms with Gasteiger partial charge in [0.2, 0.25) is 11.6 Å². The summed E-state index contributed by atoms with van der Waals surface area (Å²) in [7, 11) is 0. The summed E-state index contributed by atoms with van der Waals surface area (Å²) in [5, 5.41) is 83.0. The van der Waals surface area contributed by atoms with Gasteiger partial charge in [0, 0.05) is 6.42 Å². The Morgan fingerprint density at radius 2 is 1.38 bits per heavy atom. The highest BCUT2D eigenvalue weighted by Gasteiger charge is 2.72. The molecule has 0 bridgehead atoms. The van der Waals surface area contributed by atoms with Crippen molar-refractivity contribution in [1.82, 2.24) is 0 Å². The third kappa shape index (κ3) is 3.33. The summed E-state index contributed by atoms with van der Waals surface area (Å²) in [5.74, 6) is -4.46. The zero-order valence-corrected chi connectivity index (χ0v) is 16.9. The van der Waals surface area contributed by atoms with Gasteiger partial charge in [-0.15, -0.1) is 0 Å². The van der Waals surface area contributed by atoms with Crippen molar-refractivity contribution in [2.45, 2.75) is 93.3 Å². The topological polar surface area (TPSA) is 190 Å². The van der Waals surface area contributed by atoms with E-state index in [2.05, 4.69) is 0 Å². The van der Waals surface area contributed by atoms with Gasteiger partial charge in [0.1, 0.15) is 48.3 Å². The van der Waals surface area contributed by atoms with Gasteiger partial charge in [-0.05, 0) is 12.8 Å². The van der Waals surface area contributed by atoms with E-state index in [4.69, 9.17) is 14.2 Å². The minimum atomic E-state index is -2.30. The second-order valence-electron chi connectivity index (χ2n) is 7.73. The number of ether oxygens (including phenoxy) is 3. The Kier molecular flexibility index (Phi) is 7.36. The van der Waals surface area contributed by atoms with Crippen LogP contribution in [0.5, 0.6) is 0 Å². The van der Waals surface area contributed by atoms with Gasteiger partial charge in [0.25, 0.3) is 0 Å². The molecular formula is C18H34O11. The summed E-state index contributed by atoms with van der Waals surface area (Å²) in [5.41, 5.74) is -4.44. The molecule has 172 valence electrons. The second-order valence-corrected chi connectivity index (χ2v) is 7.73. The van der Waals surface area contributed by atoms with E-state index in [-0.39, 0.29) is 19.3 Å². The molecule has 2 aliphatic rings. The first-order valence-corrected chi connectivity index (χ1v) is 9.89. The van der Waals surface area contributed by atoms with Gasteiger partial charge < -0.3 is 55.1 Å². The maximum Gasteiger partial charge on any atom is 0.224 e. The zero-order valence-electron chi connectivity index (χ0n) is 16.9. The van der Waals surface area contributed by atoms with Crippen LogP contribution in [-0.2, 0) is 14.2 Å². The molecule has 0 aromatic rings. The van der Waals surface area contributed by atoms with Crippen molar-refractivity contribution in [3.63, 3.8) is 0 Å². The molecule has 2 aliphatic heterocycles. The van der Waals surface area contributed by atoms with Crippen molar-refractivity contribution >= 4 is 0 Å². The third-order valence-electron chi connectivity index (χ3n) is 6.47. The quantitative estimate of drug-likeness (QED) is 0.197. The predicted molar refractivity (Wildman–Crippen MR) is 96.3 cm³/mol. The Bertz CT molecular complexity index is 564. The number of hydrogen-bond acceptors (Lipinski definition) is 11. The molecule has 2 fully saturated rings. The van der Waals surface area contributed by atoms with Crippen LogP contribution in [0.2, 0.25) is 0 Å². The first-order valence-electron chi connectivity index (χ1n) is 9.89. The van der Waals surface area contributed by atoms with Crippen molar-refractivity contribution in [1.29, 1.82) is 0 Å². The van der Waals surface area contributed by atoms with Crippen LogP contribution in [-0.4, -0.2) is 114 Å². The van der Waals surface area contributed by atoms with Crippen LogP contribution in [0.4, 0.5) is 0 Å². The van der Waals surface area contributed by atoms with Crippen LogP contribution >= 0.6 is 0 Å². The molecule has 9 atom stereocenters. The number of aliphatic hydroxyl groups is 8. The maximum atomic E-state index is 11.6. The zero-order chi connectivity index (χ0) is 22.3. The molecule has 29 heavy (non-hydrogen) atoms. The Morgan fingerprint density at radius 3 is 1.76 bits per heavy atom. The van der Waals surface area contributed by atoms with Gasteiger partial charge in [-0.1, -0.05) is 20.8 Å². The van der Waals surface area contributed by atoms with Gasteiger partial charge in [-0.3, -0.25) is 0 Å². The fourth-order valence-electron chi connectivity index (χ4n) is 4.59. The molecule has 0 saturated carbocycles. The van der Waals surface area contributed by atoms with E-state index < -0.39 is 73.1 Å². The summed E-state index contributed by atoms with van der Waals surface area (Å²) in [6, 6.07) is 0. The molecule has 0 aromatic heterocycles. The van der Waals surface area contributed by atoms with Crippen LogP contribution in [0.25, 0.3) is 0 Å². The molecule has 0 amide bonds. The van der Waals surface area contributed by atoms with E-state index in [1.807, 2.05) is 0 Å². The smallest absolute Gasteiger partial charge is 0.224 e. The number of hydrogen-bond donors (Lipinski definition) is 8. The van der Waals surface area contributed by atoms with Gasteiger partial charge >= 0.3 is 0 Å².